The van der Waals surface area contributed by atoms with Gasteiger partial charge in [-0.15, -0.1) is 0 Å². The van der Waals surface area contributed by atoms with Crippen LogP contribution in [0.4, 0.5) is 4.79 Å². The number of amides is 2. The van der Waals surface area contributed by atoms with Crippen molar-refractivity contribution in [2.45, 2.75) is 19.3 Å². The Kier molecular flexibility index (Phi) is 3.44. The number of urea groups is 1. The molecule has 0 unspecified atom stereocenters. The summed E-state index contributed by atoms with van der Waals surface area (Å²) in [4.78, 5) is 13.7. The van der Waals surface area contributed by atoms with E-state index in [2.05, 4.69) is 5.32 Å². The molecule has 2 aliphatic rings. The summed E-state index contributed by atoms with van der Waals surface area (Å²) in [5.74, 6) is 1.59. The average molecular weight is 262 g/mol. The first-order valence-corrected chi connectivity index (χ1v) is 6.74. The van der Waals surface area contributed by atoms with E-state index in [0.29, 0.717) is 13.3 Å². The van der Waals surface area contributed by atoms with Gasteiger partial charge in [-0.3, -0.25) is 0 Å². The molecule has 0 radical (unpaired) electrons. The number of carbonyl (C=O) groups excluding carboxylic acids is 1. The van der Waals surface area contributed by atoms with Gasteiger partial charge in [-0.25, -0.2) is 4.79 Å². The molecule has 1 aromatic carbocycles. The maximum atomic E-state index is 11.8. The standard InChI is InChI=1S/C14H18N2O3/c17-14(16-7-1-2-8-16)15-6-5-11-3-4-12-13(9-11)19-10-18-12/h3-4,9H,1-2,5-8,10H2,(H,15,17). The summed E-state index contributed by atoms with van der Waals surface area (Å²) in [6.45, 7) is 2.71. The van der Waals surface area contributed by atoms with Crippen LogP contribution in [0.3, 0.4) is 0 Å². The molecule has 5 nitrogen and oxygen atoms in total. The van der Waals surface area contributed by atoms with Gasteiger partial charge in [0.25, 0.3) is 0 Å². The number of ether oxygens (including phenoxy) is 2. The summed E-state index contributed by atoms with van der Waals surface area (Å²) in [7, 11) is 0. The van der Waals surface area contributed by atoms with Crippen molar-refractivity contribution in [2.75, 3.05) is 26.4 Å². The van der Waals surface area contributed by atoms with Crippen molar-refractivity contribution in [1.29, 1.82) is 0 Å². The molecule has 0 aromatic heterocycles. The molecule has 2 amide bonds. The fraction of sp³-hybridized carbons (Fsp3) is 0.500. The topological polar surface area (TPSA) is 50.8 Å². The van der Waals surface area contributed by atoms with E-state index < -0.39 is 0 Å². The maximum Gasteiger partial charge on any atom is 0.317 e. The lowest BCUT2D eigenvalue weighted by molar-refractivity contribution is 0.174. The molecular formula is C14H18N2O3. The first kappa shape index (κ1) is 12.1. The molecule has 19 heavy (non-hydrogen) atoms. The Balaban J connectivity index is 1.48. The molecule has 1 aromatic rings. The summed E-state index contributed by atoms with van der Waals surface area (Å²) in [6, 6.07) is 5.96. The fourth-order valence-corrected chi connectivity index (χ4v) is 2.44. The van der Waals surface area contributed by atoms with E-state index in [1.54, 1.807) is 0 Å². The van der Waals surface area contributed by atoms with Gasteiger partial charge in [-0.1, -0.05) is 6.07 Å². The molecule has 0 aliphatic carbocycles. The number of carbonyl (C=O) groups is 1. The zero-order valence-corrected chi connectivity index (χ0v) is 10.9. The molecule has 2 aliphatic heterocycles. The molecule has 5 heteroatoms. The Morgan fingerprint density at radius 2 is 2.00 bits per heavy atom. The lowest BCUT2D eigenvalue weighted by Crippen LogP contribution is -2.38. The zero-order valence-electron chi connectivity index (χ0n) is 10.9. The second-order valence-corrected chi connectivity index (χ2v) is 4.86. The molecule has 0 atom stereocenters. The molecule has 102 valence electrons. The van der Waals surface area contributed by atoms with Crippen molar-refractivity contribution in [1.82, 2.24) is 10.2 Å². The summed E-state index contributed by atoms with van der Waals surface area (Å²) in [5.41, 5.74) is 1.14. The van der Waals surface area contributed by atoms with E-state index in [4.69, 9.17) is 9.47 Å². The van der Waals surface area contributed by atoms with E-state index in [-0.39, 0.29) is 6.03 Å². The van der Waals surface area contributed by atoms with Crippen LogP contribution in [-0.2, 0) is 6.42 Å². The van der Waals surface area contributed by atoms with Crippen LogP contribution < -0.4 is 14.8 Å². The molecule has 0 saturated carbocycles. The highest BCUT2D eigenvalue weighted by molar-refractivity contribution is 5.74. The lowest BCUT2D eigenvalue weighted by atomic mass is 10.1. The second-order valence-electron chi connectivity index (χ2n) is 4.86. The number of fused-ring (bicyclic) bond motifs is 1. The Morgan fingerprint density at radius 1 is 1.21 bits per heavy atom. The average Bonchev–Trinajstić information content (AvgIpc) is 3.09. The number of likely N-dealkylation sites (tertiary alicyclic amines) is 1. The van der Waals surface area contributed by atoms with Crippen LogP contribution >= 0.6 is 0 Å². The number of benzene rings is 1. The van der Waals surface area contributed by atoms with Gasteiger partial charge in [0.05, 0.1) is 0 Å². The third kappa shape index (κ3) is 2.75. The van der Waals surface area contributed by atoms with E-state index in [1.165, 1.54) is 0 Å². The molecule has 3 rings (SSSR count). The number of rotatable bonds is 3. The highest BCUT2D eigenvalue weighted by atomic mass is 16.7. The van der Waals surface area contributed by atoms with Crippen molar-refractivity contribution in [2.24, 2.45) is 0 Å². The smallest absolute Gasteiger partial charge is 0.317 e. The quantitative estimate of drug-likeness (QED) is 0.903. The molecule has 1 N–H and O–H groups in total. The Labute approximate surface area is 112 Å². The molecule has 0 bridgehead atoms. The Bertz CT molecular complexity index is 470. The Morgan fingerprint density at radius 3 is 2.84 bits per heavy atom. The molecule has 1 saturated heterocycles. The summed E-state index contributed by atoms with van der Waals surface area (Å²) in [6.07, 6.45) is 3.04. The summed E-state index contributed by atoms with van der Waals surface area (Å²) in [5, 5.41) is 2.96. The van der Waals surface area contributed by atoms with E-state index in [0.717, 1.165) is 49.4 Å². The van der Waals surface area contributed by atoms with E-state index in [9.17, 15) is 4.79 Å². The number of nitrogens with zero attached hydrogens (tertiary/aromatic N) is 1. The van der Waals surface area contributed by atoms with Gasteiger partial charge < -0.3 is 19.7 Å². The van der Waals surface area contributed by atoms with Crippen LogP contribution in [0, 0.1) is 0 Å². The van der Waals surface area contributed by atoms with Crippen molar-refractivity contribution < 1.29 is 14.3 Å². The van der Waals surface area contributed by atoms with Crippen molar-refractivity contribution in [3.05, 3.63) is 23.8 Å². The van der Waals surface area contributed by atoms with Crippen LogP contribution in [0.5, 0.6) is 11.5 Å². The van der Waals surface area contributed by atoms with Gasteiger partial charge >= 0.3 is 6.03 Å². The number of hydrogen-bond donors (Lipinski definition) is 1. The molecule has 1 fully saturated rings. The predicted molar refractivity (Wildman–Crippen MR) is 70.5 cm³/mol. The number of hydrogen-bond acceptors (Lipinski definition) is 3. The van der Waals surface area contributed by atoms with Crippen LogP contribution in [0.25, 0.3) is 0 Å². The molecular weight excluding hydrogens is 244 g/mol. The summed E-state index contributed by atoms with van der Waals surface area (Å²) >= 11 is 0. The van der Waals surface area contributed by atoms with Crippen molar-refractivity contribution >= 4 is 6.03 Å². The highest BCUT2D eigenvalue weighted by Crippen LogP contribution is 2.32. The van der Waals surface area contributed by atoms with E-state index >= 15 is 0 Å². The van der Waals surface area contributed by atoms with Crippen LogP contribution in [-0.4, -0.2) is 37.4 Å². The minimum Gasteiger partial charge on any atom is -0.454 e. The largest absolute Gasteiger partial charge is 0.454 e. The lowest BCUT2D eigenvalue weighted by Gasteiger charge is -2.16. The zero-order chi connectivity index (χ0) is 13.1. The fourth-order valence-electron chi connectivity index (χ4n) is 2.44. The van der Waals surface area contributed by atoms with Gasteiger partial charge in [0.15, 0.2) is 11.5 Å². The first-order chi connectivity index (χ1) is 9.33. The normalized spacial score (nSPS) is 16.7. The SMILES string of the molecule is O=C(NCCc1ccc2c(c1)OCO2)N1CCCC1. The Hall–Kier alpha value is -1.91. The minimum atomic E-state index is 0.0539. The molecule has 2 heterocycles. The first-order valence-electron chi connectivity index (χ1n) is 6.74. The third-order valence-corrected chi connectivity index (χ3v) is 3.52. The third-order valence-electron chi connectivity index (χ3n) is 3.52. The molecule has 0 spiro atoms. The van der Waals surface area contributed by atoms with Gasteiger partial charge in [0.1, 0.15) is 0 Å². The maximum absolute atomic E-state index is 11.8. The number of nitrogens with one attached hydrogen (secondary N) is 1. The van der Waals surface area contributed by atoms with Crippen molar-refractivity contribution in [3.63, 3.8) is 0 Å². The van der Waals surface area contributed by atoms with Gasteiger partial charge in [0.2, 0.25) is 6.79 Å². The van der Waals surface area contributed by atoms with Crippen LogP contribution in [0.15, 0.2) is 18.2 Å². The van der Waals surface area contributed by atoms with Gasteiger partial charge in [-0.05, 0) is 37.0 Å². The van der Waals surface area contributed by atoms with Gasteiger partial charge in [0, 0.05) is 19.6 Å². The highest BCUT2D eigenvalue weighted by Gasteiger charge is 2.17. The summed E-state index contributed by atoms with van der Waals surface area (Å²) < 4.78 is 10.6. The van der Waals surface area contributed by atoms with Crippen molar-refractivity contribution in [3.8, 4) is 11.5 Å². The van der Waals surface area contributed by atoms with Crippen LogP contribution in [0.1, 0.15) is 18.4 Å². The second kappa shape index (κ2) is 5.38. The van der Waals surface area contributed by atoms with Gasteiger partial charge in [-0.2, -0.15) is 0 Å². The minimum absolute atomic E-state index is 0.0539. The predicted octanol–water partition coefficient (Wildman–Crippen LogP) is 1.76. The monoisotopic (exact) mass is 262 g/mol. The van der Waals surface area contributed by atoms with Crippen LogP contribution in [0.2, 0.25) is 0 Å². The van der Waals surface area contributed by atoms with E-state index in [1.807, 2.05) is 23.1 Å².